The molecule has 8 nitrogen and oxygen atoms in total. The van der Waals surface area contributed by atoms with E-state index in [1.165, 1.54) is 16.6 Å². The number of imidazole rings is 1. The van der Waals surface area contributed by atoms with Crippen LogP contribution in [0.15, 0.2) is 30.3 Å². The number of aromatic nitrogens is 4. The van der Waals surface area contributed by atoms with Crippen molar-refractivity contribution in [3.8, 4) is 17.3 Å². The second-order valence-corrected chi connectivity index (χ2v) is 8.66. The van der Waals surface area contributed by atoms with Gasteiger partial charge in [0.25, 0.3) is 12.3 Å². The third-order valence-electron chi connectivity index (χ3n) is 6.37. The number of halogens is 3. The molecular weight excluding hydrogens is 461 g/mol. The van der Waals surface area contributed by atoms with Crippen LogP contribution < -0.4 is 10.5 Å². The zero-order chi connectivity index (χ0) is 24.9. The van der Waals surface area contributed by atoms with Crippen molar-refractivity contribution in [3.05, 3.63) is 41.6 Å². The smallest absolute Gasteiger partial charge is 0.256 e. The van der Waals surface area contributed by atoms with Crippen molar-refractivity contribution in [2.45, 2.75) is 25.4 Å². The van der Waals surface area contributed by atoms with Gasteiger partial charge in [0.05, 0.1) is 42.2 Å². The summed E-state index contributed by atoms with van der Waals surface area (Å²) in [5, 5.41) is 0.745. The van der Waals surface area contributed by atoms with E-state index in [4.69, 9.17) is 10.5 Å². The Hall–Kier alpha value is -3.60. The Balaban J connectivity index is 1.64. The number of benzene rings is 1. The minimum Gasteiger partial charge on any atom is -0.495 e. The minimum atomic E-state index is -2.59. The second kappa shape index (κ2) is 8.88. The quantitative estimate of drug-likeness (QED) is 0.433. The highest BCUT2D eigenvalue weighted by atomic mass is 19.3. The van der Waals surface area contributed by atoms with Crippen LogP contribution >= 0.6 is 0 Å². The van der Waals surface area contributed by atoms with Gasteiger partial charge in [0.1, 0.15) is 17.9 Å². The molecule has 0 radical (unpaired) electrons. The third kappa shape index (κ3) is 3.89. The molecule has 2 N–H and O–H groups in total. The SMILES string of the molecule is COc1cccc2cc(-c3nc4cc5c(nc4n3C)CCN(C[C@H](N)CF)C5=O)n(CC(F)F)c12. The van der Waals surface area contributed by atoms with Crippen molar-refractivity contribution in [1.29, 1.82) is 0 Å². The molecule has 4 heterocycles. The molecule has 0 fully saturated rings. The maximum absolute atomic E-state index is 13.6. The molecule has 1 amide bonds. The number of rotatable bonds is 7. The summed E-state index contributed by atoms with van der Waals surface area (Å²) < 4.78 is 48.7. The number of pyridine rings is 1. The molecule has 35 heavy (non-hydrogen) atoms. The molecule has 1 aliphatic heterocycles. The Labute approximate surface area is 199 Å². The van der Waals surface area contributed by atoms with Crippen molar-refractivity contribution in [1.82, 2.24) is 24.0 Å². The predicted molar refractivity (Wildman–Crippen MR) is 126 cm³/mol. The molecule has 0 saturated heterocycles. The first-order chi connectivity index (χ1) is 16.8. The Morgan fingerprint density at radius 2 is 2.00 bits per heavy atom. The van der Waals surface area contributed by atoms with Gasteiger partial charge in [-0.25, -0.2) is 23.1 Å². The summed E-state index contributed by atoms with van der Waals surface area (Å²) in [6, 6.07) is 8.08. The summed E-state index contributed by atoms with van der Waals surface area (Å²) >= 11 is 0. The van der Waals surface area contributed by atoms with Crippen LogP contribution in [0.25, 0.3) is 33.6 Å². The topological polar surface area (TPSA) is 91.2 Å². The van der Waals surface area contributed by atoms with Gasteiger partial charge in [0.15, 0.2) is 11.5 Å². The molecule has 0 aliphatic carbocycles. The fourth-order valence-corrected chi connectivity index (χ4v) is 4.74. The Morgan fingerprint density at radius 3 is 2.71 bits per heavy atom. The number of nitrogens with zero attached hydrogens (tertiary/aromatic N) is 5. The summed E-state index contributed by atoms with van der Waals surface area (Å²) in [6.45, 7) is -0.732. The number of amides is 1. The van der Waals surface area contributed by atoms with Crippen molar-refractivity contribution >= 4 is 28.0 Å². The lowest BCUT2D eigenvalue weighted by atomic mass is 10.0. The van der Waals surface area contributed by atoms with Crippen molar-refractivity contribution in [2.75, 3.05) is 26.9 Å². The maximum Gasteiger partial charge on any atom is 0.256 e. The van der Waals surface area contributed by atoms with Gasteiger partial charge in [0, 0.05) is 31.9 Å². The Kier molecular flexibility index (Phi) is 5.87. The number of ether oxygens (including phenoxy) is 1. The van der Waals surface area contributed by atoms with E-state index in [1.54, 1.807) is 35.9 Å². The third-order valence-corrected chi connectivity index (χ3v) is 6.37. The molecule has 5 rings (SSSR count). The van der Waals surface area contributed by atoms with E-state index >= 15 is 0 Å². The first-order valence-corrected chi connectivity index (χ1v) is 11.2. The number of alkyl halides is 3. The van der Waals surface area contributed by atoms with E-state index in [0.717, 1.165) is 5.39 Å². The first kappa shape index (κ1) is 23.2. The van der Waals surface area contributed by atoms with E-state index < -0.39 is 25.7 Å². The molecule has 3 aromatic heterocycles. The molecule has 0 unspecified atom stereocenters. The van der Waals surface area contributed by atoms with Crippen LogP contribution in [0.1, 0.15) is 16.1 Å². The van der Waals surface area contributed by atoms with Gasteiger partial charge in [-0.05, 0) is 18.2 Å². The van der Waals surface area contributed by atoms with Gasteiger partial charge >= 0.3 is 0 Å². The number of carbonyl (C=O) groups excluding carboxylic acids is 1. The summed E-state index contributed by atoms with van der Waals surface area (Å²) in [7, 11) is 3.27. The van der Waals surface area contributed by atoms with Crippen LogP contribution in [0.5, 0.6) is 5.75 Å². The van der Waals surface area contributed by atoms with Gasteiger partial charge < -0.3 is 24.5 Å². The van der Waals surface area contributed by atoms with Crippen molar-refractivity contribution in [2.24, 2.45) is 12.8 Å². The predicted octanol–water partition coefficient (Wildman–Crippen LogP) is 3.16. The molecule has 184 valence electrons. The fraction of sp³-hybridized carbons (Fsp3) is 0.375. The summed E-state index contributed by atoms with van der Waals surface area (Å²) in [4.78, 5) is 23.9. The lowest BCUT2D eigenvalue weighted by Gasteiger charge is -2.29. The average molecular weight is 486 g/mol. The standard InChI is InChI=1S/C24H25F3N6O2/c1-31-22-17(9-15-16(29-22)6-7-32(24(15)34)11-14(28)10-25)30-23(31)18-8-13-4-3-5-19(35-2)21(13)33(18)12-20(26)27/h3-5,8-9,14,20H,6-7,10-12,28H2,1-2H3/t14-/m1/s1. The number of hydrogen-bond donors (Lipinski definition) is 1. The summed E-state index contributed by atoms with van der Waals surface area (Å²) in [6.07, 6.45) is -2.09. The van der Waals surface area contributed by atoms with Crippen LogP contribution in [0.2, 0.25) is 0 Å². The number of fused-ring (bicyclic) bond motifs is 3. The zero-order valence-electron chi connectivity index (χ0n) is 19.3. The molecule has 0 saturated carbocycles. The number of para-hydroxylation sites is 1. The van der Waals surface area contributed by atoms with Gasteiger partial charge in [0.2, 0.25) is 0 Å². The average Bonchev–Trinajstić information content (AvgIpc) is 3.36. The number of carbonyl (C=O) groups is 1. The molecule has 1 atom stereocenters. The fourth-order valence-electron chi connectivity index (χ4n) is 4.74. The Morgan fingerprint density at radius 1 is 1.20 bits per heavy atom. The van der Waals surface area contributed by atoms with Crippen LogP contribution in [0.4, 0.5) is 13.2 Å². The van der Waals surface area contributed by atoms with E-state index in [9.17, 15) is 18.0 Å². The first-order valence-electron chi connectivity index (χ1n) is 11.2. The number of methoxy groups -OCH3 is 1. The van der Waals surface area contributed by atoms with E-state index in [0.29, 0.717) is 58.2 Å². The molecule has 1 aromatic carbocycles. The highest BCUT2D eigenvalue weighted by Gasteiger charge is 2.29. The van der Waals surface area contributed by atoms with Crippen molar-refractivity contribution in [3.63, 3.8) is 0 Å². The van der Waals surface area contributed by atoms with Crippen molar-refractivity contribution < 1.29 is 22.7 Å². The van der Waals surface area contributed by atoms with E-state index in [2.05, 4.69) is 9.97 Å². The highest BCUT2D eigenvalue weighted by molar-refractivity contribution is 5.99. The zero-order valence-corrected chi connectivity index (χ0v) is 19.3. The second-order valence-electron chi connectivity index (χ2n) is 8.66. The molecular formula is C24H25F3N6O2. The molecule has 4 aromatic rings. The van der Waals surface area contributed by atoms with Crippen LogP contribution in [0, 0.1) is 0 Å². The highest BCUT2D eigenvalue weighted by Crippen LogP contribution is 2.35. The van der Waals surface area contributed by atoms with Crippen LogP contribution in [-0.2, 0) is 20.0 Å². The number of aryl methyl sites for hydroxylation is 1. The molecule has 11 heteroatoms. The monoisotopic (exact) mass is 486 g/mol. The lowest BCUT2D eigenvalue weighted by molar-refractivity contribution is 0.0723. The molecule has 0 spiro atoms. The summed E-state index contributed by atoms with van der Waals surface area (Å²) in [5.41, 5.74) is 8.77. The number of nitrogens with two attached hydrogens (primary N) is 1. The molecule has 0 bridgehead atoms. The normalized spacial score (nSPS) is 14.8. The minimum absolute atomic E-state index is 0.121. The Bertz CT molecular complexity index is 1430. The number of hydrogen-bond acceptors (Lipinski definition) is 5. The lowest BCUT2D eigenvalue weighted by Crippen LogP contribution is -2.45. The van der Waals surface area contributed by atoms with Gasteiger partial charge in [-0.2, -0.15) is 0 Å². The van der Waals surface area contributed by atoms with E-state index in [-0.39, 0.29) is 12.5 Å². The summed E-state index contributed by atoms with van der Waals surface area (Å²) in [5.74, 6) is 0.657. The van der Waals surface area contributed by atoms with Crippen LogP contribution in [0.3, 0.4) is 0 Å². The van der Waals surface area contributed by atoms with Gasteiger partial charge in [-0.3, -0.25) is 4.79 Å². The van der Waals surface area contributed by atoms with Gasteiger partial charge in [-0.1, -0.05) is 12.1 Å². The largest absolute Gasteiger partial charge is 0.495 e. The van der Waals surface area contributed by atoms with E-state index in [1.807, 2.05) is 6.07 Å². The van der Waals surface area contributed by atoms with Crippen LogP contribution in [-0.4, -0.2) is 69.3 Å². The maximum atomic E-state index is 13.6. The molecule has 1 aliphatic rings. The van der Waals surface area contributed by atoms with Gasteiger partial charge in [-0.15, -0.1) is 0 Å².